The Balaban J connectivity index is 1.55. The third-order valence-electron chi connectivity index (χ3n) is 5.18. The van der Waals surface area contributed by atoms with Gasteiger partial charge in [0.05, 0.1) is 18.0 Å². The predicted octanol–water partition coefficient (Wildman–Crippen LogP) is 3.89. The van der Waals surface area contributed by atoms with E-state index in [4.69, 9.17) is 4.99 Å². The molecule has 2 aromatic carbocycles. The normalized spacial score (nSPS) is 20.4. The number of hydrogen-bond donors (Lipinski definition) is 1. The van der Waals surface area contributed by atoms with Gasteiger partial charge < -0.3 is 10.0 Å². The van der Waals surface area contributed by atoms with E-state index < -0.39 is 0 Å². The number of benzene rings is 2. The molecule has 2 aliphatic heterocycles. The summed E-state index contributed by atoms with van der Waals surface area (Å²) in [6.07, 6.45) is 2.91. The monoisotopic (exact) mass is 361 g/mol. The maximum atomic E-state index is 9.41. The number of hydrogen-bond acceptors (Lipinski definition) is 4. The summed E-state index contributed by atoms with van der Waals surface area (Å²) in [7, 11) is 0. The number of aliphatic hydroxyl groups excluding tert-OH is 1. The fourth-order valence-electron chi connectivity index (χ4n) is 3.79. The Hall–Kier alpha value is -2.37. The molecule has 0 saturated carbocycles. The number of nitrogens with zero attached hydrogens (tertiary/aromatic N) is 3. The van der Waals surface area contributed by atoms with Gasteiger partial charge in [-0.05, 0) is 29.7 Å². The highest BCUT2D eigenvalue weighted by atomic mass is 32.2. The summed E-state index contributed by atoms with van der Waals surface area (Å²) in [4.78, 5) is 11.7. The minimum atomic E-state index is -0.0550. The second-order valence-electron chi connectivity index (χ2n) is 6.79. The quantitative estimate of drug-likeness (QED) is 0.752. The first-order valence-corrected chi connectivity index (χ1v) is 9.84. The van der Waals surface area contributed by atoms with Gasteiger partial charge in [0.25, 0.3) is 0 Å². The molecule has 4 nitrogen and oxygen atoms in total. The summed E-state index contributed by atoms with van der Waals surface area (Å²) >= 11 is 1.84. The summed E-state index contributed by atoms with van der Waals surface area (Å²) in [5.74, 6) is 1.08. The summed E-state index contributed by atoms with van der Waals surface area (Å²) < 4.78 is 0. The van der Waals surface area contributed by atoms with Crippen LogP contribution < -0.4 is 0 Å². The molecule has 0 bridgehead atoms. The molecule has 3 heterocycles. The largest absolute Gasteiger partial charge is 0.390 e. The van der Waals surface area contributed by atoms with E-state index in [1.807, 2.05) is 42.2 Å². The Morgan fingerprint density at radius 1 is 1.15 bits per heavy atom. The van der Waals surface area contributed by atoms with Crippen molar-refractivity contribution >= 4 is 33.4 Å². The molecule has 2 aliphatic rings. The Morgan fingerprint density at radius 2 is 2.04 bits per heavy atom. The van der Waals surface area contributed by atoms with Gasteiger partial charge in [0.15, 0.2) is 5.17 Å². The minimum Gasteiger partial charge on any atom is -0.390 e. The Kier molecular flexibility index (Phi) is 3.91. The van der Waals surface area contributed by atoms with Crippen molar-refractivity contribution in [1.29, 1.82) is 0 Å². The van der Waals surface area contributed by atoms with Crippen LogP contribution in [0.4, 0.5) is 5.69 Å². The topological polar surface area (TPSA) is 48.7 Å². The first kappa shape index (κ1) is 15.9. The molecule has 0 aliphatic carbocycles. The van der Waals surface area contributed by atoms with Crippen molar-refractivity contribution in [3.05, 3.63) is 71.5 Å². The van der Waals surface area contributed by atoms with Crippen LogP contribution in [-0.2, 0) is 19.6 Å². The molecule has 26 heavy (non-hydrogen) atoms. The Morgan fingerprint density at radius 3 is 2.92 bits per heavy atom. The van der Waals surface area contributed by atoms with Crippen molar-refractivity contribution in [2.24, 2.45) is 4.99 Å². The third-order valence-corrected chi connectivity index (χ3v) is 6.32. The molecule has 1 aromatic heterocycles. The van der Waals surface area contributed by atoms with E-state index in [2.05, 4.69) is 34.1 Å². The SMILES string of the molecule is OCc1cc2c(N=C3SCC4Cc5ccccc5CN34)cccc2cn1. The summed E-state index contributed by atoms with van der Waals surface area (Å²) in [5, 5.41) is 12.6. The molecular formula is C21H19N3OS. The van der Waals surface area contributed by atoms with E-state index in [0.717, 1.165) is 40.3 Å². The highest BCUT2D eigenvalue weighted by Gasteiger charge is 2.34. The number of aliphatic imine (C=N–C) groups is 1. The second-order valence-corrected chi connectivity index (χ2v) is 7.78. The van der Waals surface area contributed by atoms with Crippen molar-refractivity contribution in [3.8, 4) is 0 Å². The lowest BCUT2D eigenvalue weighted by Gasteiger charge is -2.32. The molecular weight excluding hydrogens is 342 g/mol. The van der Waals surface area contributed by atoms with Gasteiger partial charge in [0.1, 0.15) is 0 Å². The molecule has 1 fully saturated rings. The van der Waals surface area contributed by atoms with Crippen LogP contribution in [-0.4, -0.2) is 32.0 Å². The molecule has 5 rings (SSSR count). The lowest BCUT2D eigenvalue weighted by atomic mass is 9.95. The lowest BCUT2D eigenvalue weighted by Crippen LogP contribution is -2.38. The number of aromatic nitrogens is 1. The fraction of sp³-hybridized carbons (Fsp3) is 0.238. The van der Waals surface area contributed by atoms with E-state index in [9.17, 15) is 5.11 Å². The van der Waals surface area contributed by atoms with Crippen LogP contribution in [0, 0.1) is 0 Å². The predicted molar refractivity (Wildman–Crippen MR) is 107 cm³/mol. The standard InChI is InChI=1S/C21H19N3OS/c25-12-17-9-19-15(10-22-17)6-3-7-20(19)23-21-24-11-16-5-2-1-4-14(16)8-18(24)13-26-21/h1-7,9-10,18,25H,8,11-13H2. The minimum absolute atomic E-state index is 0.0550. The van der Waals surface area contributed by atoms with Gasteiger partial charge in [0, 0.05) is 35.3 Å². The van der Waals surface area contributed by atoms with Crippen molar-refractivity contribution in [3.63, 3.8) is 0 Å². The van der Waals surface area contributed by atoms with Crippen molar-refractivity contribution in [2.45, 2.75) is 25.6 Å². The number of pyridine rings is 1. The number of fused-ring (bicyclic) bond motifs is 3. The van der Waals surface area contributed by atoms with Gasteiger partial charge in [-0.15, -0.1) is 0 Å². The van der Waals surface area contributed by atoms with Crippen molar-refractivity contribution < 1.29 is 5.11 Å². The lowest BCUT2D eigenvalue weighted by molar-refractivity contribution is 0.277. The number of thioether (sulfide) groups is 1. The van der Waals surface area contributed by atoms with Crippen LogP contribution >= 0.6 is 11.8 Å². The van der Waals surface area contributed by atoms with Crippen LogP contribution in [0.25, 0.3) is 10.8 Å². The van der Waals surface area contributed by atoms with Gasteiger partial charge in [-0.25, -0.2) is 4.99 Å². The third kappa shape index (κ3) is 2.68. The molecule has 1 atom stereocenters. The molecule has 0 spiro atoms. The first-order chi connectivity index (χ1) is 12.8. The zero-order valence-corrected chi connectivity index (χ0v) is 15.1. The van der Waals surface area contributed by atoms with Crippen LogP contribution in [0.5, 0.6) is 0 Å². The first-order valence-electron chi connectivity index (χ1n) is 8.85. The van der Waals surface area contributed by atoms with Crippen molar-refractivity contribution in [1.82, 2.24) is 9.88 Å². The Labute approximate surface area is 156 Å². The van der Waals surface area contributed by atoms with Crippen LogP contribution in [0.3, 0.4) is 0 Å². The summed E-state index contributed by atoms with van der Waals surface area (Å²) in [5.41, 5.74) is 4.50. The fourth-order valence-corrected chi connectivity index (χ4v) is 4.98. The maximum Gasteiger partial charge on any atom is 0.165 e. The summed E-state index contributed by atoms with van der Waals surface area (Å²) in [6, 6.07) is 17.3. The molecule has 130 valence electrons. The average molecular weight is 361 g/mol. The Bertz CT molecular complexity index is 1020. The van der Waals surface area contributed by atoms with Crippen molar-refractivity contribution in [2.75, 3.05) is 5.75 Å². The molecule has 3 aromatic rings. The van der Waals surface area contributed by atoms with Gasteiger partial charge in [0.2, 0.25) is 0 Å². The number of amidine groups is 1. The van der Waals surface area contributed by atoms with Gasteiger partial charge in [-0.3, -0.25) is 4.98 Å². The van der Waals surface area contributed by atoms with E-state index in [0.29, 0.717) is 11.7 Å². The van der Waals surface area contributed by atoms with Gasteiger partial charge in [-0.2, -0.15) is 0 Å². The number of rotatable bonds is 2. The summed E-state index contributed by atoms with van der Waals surface area (Å²) in [6.45, 7) is 0.876. The van der Waals surface area contributed by atoms with E-state index >= 15 is 0 Å². The van der Waals surface area contributed by atoms with Crippen LogP contribution in [0.1, 0.15) is 16.8 Å². The van der Waals surface area contributed by atoms with Crippen LogP contribution in [0.2, 0.25) is 0 Å². The maximum absolute atomic E-state index is 9.41. The molecule has 1 unspecified atom stereocenters. The van der Waals surface area contributed by atoms with E-state index in [1.165, 1.54) is 11.1 Å². The van der Waals surface area contributed by atoms with E-state index in [1.54, 1.807) is 0 Å². The highest BCUT2D eigenvalue weighted by Crippen LogP contribution is 2.36. The zero-order chi connectivity index (χ0) is 17.5. The average Bonchev–Trinajstić information content (AvgIpc) is 3.08. The molecule has 1 N–H and O–H groups in total. The zero-order valence-electron chi connectivity index (χ0n) is 14.3. The highest BCUT2D eigenvalue weighted by molar-refractivity contribution is 8.14. The smallest absolute Gasteiger partial charge is 0.165 e. The second kappa shape index (κ2) is 6.41. The van der Waals surface area contributed by atoms with E-state index in [-0.39, 0.29) is 6.61 Å². The number of aliphatic hydroxyl groups is 1. The van der Waals surface area contributed by atoms with Crippen LogP contribution in [0.15, 0.2) is 59.7 Å². The van der Waals surface area contributed by atoms with Gasteiger partial charge in [-0.1, -0.05) is 48.2 Å². The molecule has 0 radical (unpaired) electrons. The molecule has 1 saturated heterocycles. The molecule has 5 heteroatoms. The molecule has 0 amide bonds. The van der Waals surface area contributed by atoms with Gasteiger partial charge >= 0.3 is 0 Å².